The van der Waals surface area contributed by atoms with Crippen molar-refractivity contribution in [1.29, 1.82) is 0 Å². The third kappa shape index (κ3) is 1.90. The van der Waals surface area contributed by atoms with Gasteiger partial charge in [0.25, 0.3) is 0 Å². The number of fused-ring (bicyclic) bond motifs is 2. The van der Waals surface area contributed by atoms with E-state index in [0.717, 1.165) is 18.9 Å². The lowest BCUT2D eigenvalue weighted by Crippen LogP contribution is -2.55. The fraction of sp³-hybridized carbons (Fsp3) is 0.600. The normalized spacial score (nSPS) is 37.3. The largest absolute Gasteiger partial charge is 0.328 e. The molecule has 0 spiro atoms. The van der Waals surface area contributed by atoms with E-state index >= 15 is 0 Å². The molecule has 92 valence electrons. The van der Waals surface area contributed by atoms with Crippen LogP contribution in [0.15, 0.2) is 30.3 Å². The van der Waals surface area contributed by atoms with E-state index in [4.69, 9.17) is 5.73 Å². The van der Waals surface area contributed by atoms with Gasteiger partial charge in [-0.25, -0.2) is 0 Å². The molecule has 0 amide bonds. The van der Waals surface area contributed by atoms with Crippen molar-refractivity contribution in [3.63, 3.8) is 0 Å². The van der Waals surface area contributed by atoms with Crippen molar-refractivity contribution in [2.24, 2.45) is 5.73 Å². The molecule has 3 rings (SSSR count). The van der Waals surface area contributed by atoms with E-state index in [9.17, 15) is 0 Å². The molecule has 0 radical (unpaired) electrons. The van der Waals surface area contributed by atoms with Gasteiger partial charge in [0.2, 0.25) is 0 Å². The first-order valence-electron chi connectivity index (χ1n) is 6.72. The van der Waals surface area contributed by atoms with Crippen molar-refractivity contribution < 1.29 is 0 Å². The number of piperidine rings is 1. The molecule has 2 fully saturated rings. The van der Waals surface area contributed by atoms with Gasteiger partial charge in [-0.05, 0) is 44.7 Å². The topological polar surface area (TPSA) is 29.3 Å². The van der Waals surface area contributed by atoms with Crippen molar-refractivity contribution >= 4 is 0 Å². The molecular weight excluding hydrogens is 208 g/mol. The molecule has 2 nitrogen and oxygen atoms in total. The Morgan fingerprint density at radius 3 is 2.88 bits per heavy atom. The second kappa shape index (κ2) is 4.11. The van der Waals surface area contributed by atoms with E-state index < -0.39 is 0 Å². The number of hydrogen-bond donors (Lipinski definition) is 1. The first-order valence-corrected chi connectivity index (χ1v) is 6.72. The van der Waals surface area contributed by atoms with Crippen molar-refractivity contribution in [3.8, 4) is 0 Å². The summed E-state index contributed by atoms with van der Waals surface area (Å²) in [6, 6.07) is 12.0. The van der Waals surface area contributed by atoms with Crippen LogP contribution in [-0.4, -0.2) is 29.6 Å². The van der Waals surface area contributed by atoms with Gasteiger partial charge >= 0.3 is 0 Å². The maximum absolute atomic E-state index is 6.23. The van der Waals surface area contributed by atoms with E-state index in [-0.39, 0.29) is 0 Å². The number of nitrogens with two attached hydrogens (primary N) is 1. The fourth-order valence-corrected chi connectivity index (χ4v) is 3.90. The van der Waals surface area contributed by atoms with E-state index in [1.54, 1.807) is 0 Å². The van der Waals surface area contributed by atoms with Crippen LogP contribution in [0.3, 0.4) is 0 Å². The van der Waals surface area contributed by atoms with Crippen LogP contribution in [-0.2, 0) is 6.42 Å². The highest BCUT2D eigenvalue weighted by Gasteiger charge is 2.48. The van der Waals surface area contributed by atoms with Crippen LogP contribution >= 0.6 is 0 Å². The van der Waals surface area contributed by atoms with Crippen molar-refractivity contribution in [2.75, 3.05) is 7.05 Å². The van der Waals surface area contributed by atoms with Crippen LogP contribution in [0.25, 0.3) is 0 Å². The number of hydrogen-bond acceptors (Lipinski definition) is 2. The zero-order valence-corrected chi connectivity index (χ0v) is 10.6. The van der Waals surface area contributed by atoms with E-state index in [1.807, 2.05) is 0 Å². The Labute approximate surface area is 104 Å². The van der Waals surface area contributed by atoms with Gasteiger partial charge in [0, 0.05) is 17.6 Å². The SMILES string of the molecule is CN1[C@H]2CC[C@]1(Cc1ccccc1)CC(N)C2. The molecule has 1 aromatic carbocycles. The summed E-state index contributed by atoms with van der Waals surface area (Å²) in [6.07, 6.45) is 6.16. The molecule has 2 N–H and O–H groups in total. The maximum Gasteiger partial charge on any atom is 0.0265 e. The van der Waals surface area contributed by atoms with Gasteiger partial charge in [0.15, 0.2) is 0 Å². The molecular formula is C15H22N2. The van der Waals surface area contributed by atoms with Crippen LogP contribution < -0.4 is 5.73 Å². The minimum Gasteiger partial charge on any atom is -0.328 e. The average molecular weight is 230 g/mol. The lowest BCUT2D eigenvalue weighted by Gasteiger charge is -2.45. The Morgan fingerprint density at radius 2 is 2.12 bits per heavy atom. The molecule has 2 bridgehead atoms. The van der Waals surface area contributed by atoms with Crippen molar-refractivity contribution in [2.45, 2.75) is 49.7 Å². The number of benzene rings is 1. The zero-order valence-electron chi connectivity index (χ0n) is 10.6. The first-order chi connectivity index (χ1) is 8.20. The molecule has 1 unspecified atom stereocenters. The molecule has 2 aliphatic heterocycles. The molecule has 0 aromatic heterocycles. The van der Waals surface area contributed by atoms with Crippen LogP contribution in [0, 0.1) is 0 Å². The van der Waals surface area contributed by atoms with Gasteiger partial charge in [-0.3, -0.25) is 4.90 Å². The molecule has 2 heterocycles. The predicted molar refractivity (Wildman–Crippen MR) is 70.9 cm³/mol. The van der Waals surface area contributed by atoms with Crippen molar-refractivity contribution in [1.82, 2.24) is 4.90 Å². The second-order valence-electron chi connectivity index (χ2n) is 5.89. The standard InChI is InChI=1S/C15H22N2/c1-17-14-7-8-15(17,11-13(16)9-14)10-12-5-3-2-4-6-12/h2-6,13-14H,7-11,16H2,1H3/t13?,14-,15-/m0/s1. The number of rotatable bonds is 2. The van der Waals surface area contributed by atoms with Gasteiger partial charge in [-0.1, -0.05) is 30.3 Å². The molecule has 0 saturated carbocycles. The van der Waals surface area contributed by atoms with E-state index in [0.29, 0.717) is 11.6 Å². The molecule has 2 heteroatoms. The van der Waals surface area contributed by atoms with Crippen LogP contribution in [0.1, 0.15) is 31.2 Å². The number of nitrogens with zero attached hydrogens (tertiary/aromatic N) is 1. The highest BCUT2D eigenvalue weighted by atomic mass is 15.2. The van der Waals surface area contributed by atoms with Crippen molar-refractivity contribution in [3.05, 3.63) is 35.9 Å². The van der Waals surface area contributed by atoms with Crippen LogP contribution in [0.2, 0.25) is 0 Å². The Morgan fingerprint density at radius 1 is 1.35 bits per heavy atom. The smallest absolute Gasteiger partial charge is 0.0265 e. The Hall–Kier alpha value is -0.860. The van der Waals surface area contributed by atoms with E-state index in [1.165, 1.54) is 24.8 Å². The quantitative estimate of drug-likeness (QED) is 0.844. The number of likely N-dealkylation sites (N-methyl/N-ethyl adjacent to an activating group) is 1. The summed E-state index contributed by atoms with van der Waals surface area (Å²) in [5, 5.41) is 0. The molecule has 3 atom stereocenters. The highest BCUT2D eigenvalue weighted by molar-refractivity contribution is 5.20. The summed E-state index contributed by atoms with van der Waals surface area (Å²) in [6.45, 7) is 0. The molecule has 17 heavy (non-hydrogen) atoms. The van der Waals surface area contributed by atoms with E-state index in [2.05, 4.69) is 42.3 Å². The third-order valence-corrected chi connectivity index (χ3v) is 4.83. The second-order valence-corrected chi connectivity index (χ2v) is 5.89. The summed E-state index contributed by atoms with van der Waals surface area (Å²) in [4.78, 5) is 2.61. The fourth-order valence-electron chi connectivity index (χ4n) is 3.90. The zero-order chi connectivity index (χ0) is 11.9. The summed E-state index contributed by atoms with van der Waals surface area (Å²) in [5.41, 5.74) is 8.02. The minimum absolute atomic E-state index is 0.337. The maximum atomic E-state index is 6.23. The molecule has 2 aliphatic rings. The van der Waals surface area contributed by atoms with Crippen LogP contribution in [0.5, 0.6) is 0 Å². The lowest BCUT2D eigenvalue weighted by atomic mass is 9.81. The Balaban J connectivity index is 1.85. The predicted octanol–water partition coefficient (Wildman–Crippen LogP) is 2.18. The summed E-state index contributed by atoms with van der Waals surface area (Å²) >= 11 is 0. The Bertz CT molecular complexity index is 389. The summed E-state index contributed by atoms with van der Waals surface area (Å²) in [5.74, 6) is 0. The summed E-state index contributed by atoms with van der Waals surface area (Å²) < 4.78 is 0. The minimum atomic E-state index is 0.337. The molecule has 1 aromatic rings. The molecule has 0 aliphatic carbocycles. The third-order valence-electron chi connectivity index (χ3n) is 4.83. The average Bonchev–Trinajstić information content (AvgIpc) is 2.51. The van der Waals surface area contributed by atoms with Gasteiger partial charge in [-0.2, -0.15) is 0 Å². The lowest BCUT2D eigenvalue weighted by molar-refractivity contribution is 0.0709. The first kappa shape index (κ1) is 11.2. The Kier molecular flexibility index (Phi) is 2.72. The van der Waals surface area contributed by atoms with Crippen LogP contribution in [0.4, 0.5) is 0 Å². The highest BCUT2D eigenvalue weighted by Crippen LogP contribution is 2.44. The molecule has 2 saturated heterocycles. The summed E-state index contributed by atoms with van der Waals surface area (Å²) in [7, 11) is 2.30. The van der Waals surface area contributed by atoms with Gasteiger partial charge in [0.05, 0.1) is 0 Å². The van der Waals surface area contributed by atoms with Gasteiger partial charge < -0.3 is 5.73 Å². The monoisotopic (exact) mass is 230 g/mol. The van der Waals surface area contributed by atoms with Gasteiger partial charge in [0.1, 0.15) is 0 Å². The van der Waals surface area contributed by atoms with Gasteiger partial charge in [-0.15, -0.1) is 0 Å².